The van der Waals surface area contributed by atoms with E-state index in [1.165, 1.54) is 54.0 Å². The topological polar surface area (TPSA) is 17.4 Å². The van der Waals surface area contributed by atoms with Crippen LogP contribution in [0, 0.1) is 0 Å². The van der Waals surface area contributed by atoms with Crippen LogP contribution in [0.3, 0.4) is 0 Å². The Morgan fingerprint density at radius 2 is 1.24 bits per heavy atom. The molecule has 4 rings (SSSR count). The summed E-state index contributed by atoms with van der Waals surface area (Å²) in [4.78, 5) is 2.54. The maximum absolute atomic E-state index is 5.41. The van der Waals surface area contributed by atoms with E-state index in [9.17, 15) is 0 Å². The summed E-state index contributed by atoms with van der Waals surface area (Å²) in [5.41, 5.74) is 2.74. The molecule has 2 aromatic carbocycles. The fraction of sp³-hybridized carbons (Fsp3) is 0.455. The molecule has 3 aromatic rings. The van der Waals surface area contributed by atoms with Gasteiger partial charge in [-0.1, -0.05) is 49.2 Å². The molecule has 0 unspecified atom stereocenters. The lowest BCUT2D eigenvalue weighted by Gasteiger charge is -2.26. The second-order valence-corrected chi connectivity index (χ2v) is 7.05. The first-order valence-electron chi connectivity index (χ1n) is 9.69. The zero-order chi connectivity index (χ0) is 16.9. The predicted molar refractivity (Wildman–Crippen MR) is 105 cm³/mol. The molecule has 0 saturated carbocycles. The molecule has 0 radical (unpaired) electrons. The first-order chi connectivity index (χ1) is 12.4. The molecule has 3 heteroatoms. The van der Waals surface area contributed by atoms with Crippen LogP contribution in [0.4, 0.5) is 0 Å². The lowest BCUT2D eigenvalue weighted by atomic mass is 10.2. The highest BCUT2D eigenvalue weighted by Crippen LogP contribution is 2.29. The maximum atomic E-state index is 5.41. The van der Waals surface area contributed by atoms with Crippen molar-refractivity contribution >= 4 is 21.8 Å². The van der Waals surface area contributed by atoms with Crippen LogP contribution in [0.2, 0.25) is 0 Å². The Balaban J connectivity index is 1.33. The molecule has 1 fully saturated rings. The van der Waals surface area contributed by atoms with Gasteiger partial charge in [0, 0.05) is 41.4 Å². The van der Waals surface area contributed by atoms with Gasteiger partial charge in [-0.25, -0.2) is 0 Å². The molecular formula is C22H28N2O. The molecule has 0 bridgehead atoms. The van der Waals surface area contributed by atoms with E-state index in [0.717, 1.165) is 32.8 Å². The zero-order valence-electron chi connectivity index (χ0n) is 15.0. The first kappa shape index (κ1) is 16.6. The number of aromatic nitrogens is 1. The minimum absolute atomic E-state index is 0.910. The van der Waals surface area contributed by atoms with Crippen LogP contribution in [0.1, 0.15) is 25.7 Å². The number of benzene rings is 2. The van der Waals surface area contributed by atoms with E-state index < -0.39 is 0 Å². The molecular weight excluding hydrogens is 308 g/mol. The minimum atomic E-state index is 0.910. The van der Waals surface area contributed by atoms with Crippen molar-refractivity contribution in [1.82, 2.24) is 9.47 Å². The Morgan fingerprint density at radius 1 is 0.680 bits per heavy atom. The van der Waals surface area contributed by atoms with Crippen molar-refractivity contribution in [3.8, 4) is 0 Å². The van der Waals surface area contributed by atoms with Gasteiger partial charge in [-0.2, -0.15) is 0 Å². The number of hydrogen-bond donors (Lipinski definition) is 0. The van der Waals surface area contributed by atoms with Crippen LogP contribution in [-0.2, 0) is 11.3 Å². The van der Waals surface area contributed by atoms with Gasteiger partial charge in [0.1, 0.15) is 0 Å². The van der Waals surface area contributed by atoms with Gasteiger partial charge in [0.25, 0.3) is 0 Å². The number of morpholine rings is 1. The summed E-state index contributed by atoms with van der Waals surface area (Å²) in [6.07, 6.45) is 5.21. The zero-order valence-corrected chi connectivity index (χ0v) is 15.0. The molecule has 0 N–H and O–H groups in total. The number of para-hydroxylation sites is 2. The monoisotopic (exact) mass is 336 g/mol. The van der Waals surface area contributed by atoms with E-state index in [4.69, 9.17) is 4.74 Å². The minimum Gasteiger partial charge on any atom is -0.379 e. The fourth-order valence-electron chi connectivity index (χ4n) is 4.03. The van der Waals surface area contributed by atoms with Gasteiger partial charge in [0.05, 0.1) is 13.2 Å². The lowest BCUT2D eigenvalue weighted by molar-refractivity contribution is 0.0371. The summed E-state index contributed by atoms with van der Waals surface area (Å²) in [6, 6.07) is 17.6. The van der Waals surface area contributed by atoms with Crippen molar-refractivity contribution in [2.75, 3.05) is 32.8 Å². The van der Waals surface area contributed by atoms with Crippen molar-refractivity contribution in [3.63, 3.8) is 0 Å². The quantitative estimate of drug-likeness (QED) is 0.583. The van der Waals surface area contributed by atoms with Crippen LogP contribution in [-0.4, -0.2) is 42.3 Å². The molecule has 3 nitrogen and oxygen atoms in total. The number of aryl methyl sites for hydroxylation is 1. The average Bonchev–Trinajstić information content (AvgIpc) is 3.00. The molecule has 0 aliphatic carbocycles. The van der Waals surface area contributed by atoms with E-state index in [2.05, 4.69) is 58.0 Å². The third kappa shape index (κ3) is 3.73. The summed E-state index contributed by atoms with van der Waals surface area (Å²) in [5.74, 6) is 0. The third-order valence-electron chi connectivity index (χ3n) is 5.39. The number of ether oxygens (including phenoxy) is 1. The Hall–Kier alpha value is -1.84. The summed E-state index contributed by atoms with van der Waals surface area (Å²) >= 11 is 0. The molecule has 25 heavy (non-hydrogen) atoms. The van der Waals surface area contributed by atoms with Gasteiger partial charge >= 0.3 is 0 Å². The van der Waals surface area contributed by atoms with Crippen molar-refractivity contribution < 1.29 is 4.74 Å². The summed E-state index contributed by atoms with van der Waals surface area (Å²) < 4.78 is 7.92. The summed E-state index contributed by atoms with van der Waals surface area (Å²) in [7, 11) is 0. The van der Waals surface area contributed by atoms with Gasteiger partial charge < -0.3 is 9.30 Å². The smallest absolute Gasteiger partial charge is 0.0594 e. The standard InChI is InChI=1S/C22H28N2O/c1(7-13-23-15-17-25-18-16-23)2-8-14-24-21-11-5-3-9-19(21)20-10-4-6-12-22(20)24/h3-6,9-12H,1-2,7-8,13-18H2. The number of fused-ring (bicyclic) bond motifs is 3. The molecule has 132 valence electrons. The van der Waals surface area contributed by atoms with Crippen LogP contribution >= 0.6 is 0 Å². The van der Waals surface area contributed by atoms with Crippen molar-refractivity contribution in [2.24, 2.45) is 0 Å². The highest BCUT2D eigenvalue weighted by molar-refractivity contribution is 6.07. The van der Waals surface area contributed by atoms with Crippen LogP contribution in [0.25, 0.3) is 21.8 Å². The van der Waals surface area contributed by atoms with Crippen LogP contribution in [0.15, 0.2) is 48.5 Å². The second kappa shape index (κ2) is 8.03. The number of unbranched alkanes of at least 4 members (excludes halogenated alkanes) is 3. The van der Waals surface area contributed by atoms with E-state index in [1.54, 1.807) is 0 Å². The second-order valence-electron chi connectivity index (χ2n) is 7.05. The largest absolute Gasteiger partial charge is 0.379 e. The Bertz CT molecular complexity index is 764. The van der Waals surface area contributed by atoms with E-state index in [0.29, 0.717) is 0 Å². The number of hydrogen-bond acceptors (Lipinski definition) is 2. The average molecular weight is 336 g/mol. The Labute approximate surface area is 150 Å². The highest BCUT2D eigenvalue weighted by Gasteiger charge is 2.10. The molecule has 0 spiro atoms. The predicted octanol–water partition coefficient (Wildman–Crippen LogP) is 4.69. The first-order valence-corrected chi connectivity index (χ1v) is 9.69. The van der Waals surface area contributed by atoms with Gasteiger partial charge in [0.2, 0.25) is 0 Å². The van der Waals surface area contributed by atoms with Gasteiger partial charge in [0.15, 0.2) is 0 Å². The Kier molecular flexibility index (Phi) is 5.34. The molecule has 0 amide bonds. The molecule has 1 saturated heterocycles. The normalized spacial score (nSPS) is 16.0. The molecule has 1 aromatic heterocycles. The van der Waals surface area contributed by atoms with E-state index >= 15 is 0 Å². The molecule has 1 aliphatic heterocycles. The van der Waals surface area contributed by atoms with Crippen molar-refractivity contribution in [2.45, 2.75) is 32.2 Å². The summed E-state index contributed by atoms with van der Waals surface area (Å²) in [6.45, 7) is 6.40. The summed E-state index contributed by atoms with van der Waals surface area (Å²) in [5, 5.41) is 2.76. The van der Waals surface area contributed by atoms with Crippen LogP contribution in [0.5, 0.6) is 0 Å². The SMILES string of the molecule is c1ccc2c(c1)c1ccccc1n2CCCCCCN1CCOCC1. The van der Waals surface area contributed by atoms with Crippen LogP contribution < -0.4 is 0 Å². The van der Waals surface area contributed by atoms with E-state index in [1.807, 2.05) is 0 Å². The van der Waals surface area contributed by atoms with E-state index in [-0.39, 0.29) is 0 Å². The third-order valence-corrected chi connectivity index (χ3v) is 5.39. The van der Waals surface area contributed by atoms with Gasteiger partial charge in [-0.3, -0.25) is 4.90 Å². The molecule has 2 heterocycles. The highest BCUT2D eigenvalue weighted by atomic mass is 16.5. The fourth-order valence-corrected chi connectivity index (χ4v) is 4.03. The van der Waals surface area contributed by atoms with Crippen molar-refractivity contribution in [1.29, 1.82) is 0 Å². The molecule has 0 atom stereocenters. The van der Waals surface area contributed by atoms with Gasteiger partial charge in [-0.15, -0.1) is 0 Å². The van der Waals surface area contributed by atoms with Gasteiger partial charge in [-0.05, 0) is 31.5 Å². The Morgan fingerprint density at radius 3 is 1.88 bits per heavy atom. The maximum Gasteiger partial charge on any atom is 0.0594 e. The number of rotatable bonds is 7. The van der Waals surface area contributed by atoms with Crippen molar-refractivity contribution in [3.05, 3.63) is 48.5 Å². The lowest BCUT2D eigenvalue weighted by Crippen LogP contribution is -2.36. The number of nitrogens with zero attached hydrogens (tertiary/aromatic N) is 2. The molecule has 1 aliphatic rings.